The summed E-state index contributed by atoms with van der Waals surface area (Å²) in [6, 6.07) is 0. The Morgan fingerprint density at radius 1 is 1.21 bits per heavy atom. The van der Waals surface area contributed by atoms with Gasteiger partial charge in [0.05, 0.1) is 6.20 Å². The molecule has 0 unspecified atom stereocenters. The number of hydrogen-bond donors (Lipinski definition) is 1. The molecule has 1 N–H and O–H groups in total. The van der Waals surface area contributed by atoms with E-state index in [0.29, 0.717) is 31.9 Å². The van der Waals surface area contributed by atoms with E-state index in [2.05, 4.69) is 9.97 Å². The van der Waals surface area contributed by atoms with Crippen molar-refractivity contribution in [1.29, 1.82) is 0 Å². The molecule has 110 valence electrons. The first-order chi connectivity index (χ1) is 8.91. The first-order valence-electron chi connectivity index (χ1n) is 6.60. The van der Waals surface area contributed by atoms with Crippen LogP contribution in [0.2, 0.25) is 0 Å². The summed E-state index contributed by atoms with van der Waals surface area (Å²) in [7, 11) is 0.406. The number of nitrogens with zero attached hydrogens (tertiary/aromatic N) is 3. The van der Waals surface area contributed by atoms with Crippen LogP contribution in [0.3, 0.4) is 0 Å². The van der Waals surface area contributed by atoms with Crippen LogP contribution in [0.15, 0.2) is 11.2 Å². The lowest BCUT2D eigenvalue weighted by atomic mass is 10.4. The molecule has 0 amide bonds. The minimum absolute atomic E-state index is 0.191. The minimum atomic E-state index is -3.46. The van der Waals surface area contributed by atoms with Crippen molar-refractivity contribution in [2.75, 3.05) is 33.7 Å². The fourth-order valence-corrected chi connectivity index (χ4v) is 3.16. The van der Waals surface area contributed by atoms with Crippen molar-refractivity contribution in [3.63, 3.8) is 0 Å². The van der Waals surface area contributed by atoms with Gasteiger partial charge >= 0.3 is 0 Å². The highest BCUT2D eigenvalue weighted by Gasteiger charge is 2.25. The topological polar surface area (TPSA) is 69.3 Å². The summed E-state index contributed by atoms with van der Waals surface area (Å²) >= 11 is 0. The summed E-state index contributed by atoms with van der Waals surface area (Å²) < 4.78 is 26.5. The molecule has 1 aromatic rings. The van der Waals surface area contributed by atoms with Gasteiger partial charge in [-0.25, -0.2) is 13.4 Å². The van der Waals surface area contributed by atoms with E-state index in [1.54, 1.807) is 0 Å². The highest BCUT2D eigenvalue weighted by Crippen LogP contribution is 2.14. The molecule has 0 radical (unpaired) electrons. The molecule has 0 aliphatic rings. The molecule has 1 heterocycles. The molecule has 19 heavy (non-hydrogen) atoms. The van der Waals surface area contributed by atoms with Crippen LogP contribution in [0.5, 0.6) is 0 Å². The van der Waals surface area contributed by atoms with Crippen LogP contribution in [0.1, 0.15) is 26.1 Å². The number of aromatic amines is 1. The monoisotopic (exact) mass is 288 g/mol. The average molecular weight is 288 g/mol. The minimum Gasteiger partial charge on any atom is -0.332 e. The molecule has 0 aliphatic carbocycles. The smallest absolute Gasteiger partial charge is 0.260 e. The Labute approximate surface area is 115 Å². The average Bonchev–Trinajstić information content (AvgIpc) is 2.83. The molecule has 0 spiro atoms. The summed E-state index contributed by atoms with van der Waals surface area (Å²) in [5.41, 5.74) is 0. The van der Waals surface area contributed by atoms with Gasteiger partial charge in [0.1, 0.15) is 5.82 Å². The Hall–Kier alpha value is -0.920. The Bertz CT molecular complexity index is 482. The van der Waals surface area contributed by atoms with E-state index in [9.17, 15) is 8.42 Å². The van der Waals surface area contributed by atoms with E-state index < -0.39 is 10.0 Å². The standard InChI is InChI=1S/C12H24N4O2S/c1-5-7-16(9-8-15(3)4)19(17,18)12-10-13-11(6-2)14-12/h10H,5-9H2,1-4H3,(H,13,14). The van der Waals surface area contributed by atoms with Gasteiger partial charge in [0, 0.05) is 26.1 Å². The number of rotatable bonds is 8. The largest absolute Gasteiger partial charge is 0.332 e. The van der Waals surface area contributed by atoms with E-state index in [4.69, 9.17) is 0 Å². The van der Waals surface area contributed by atoms with E-state index in [0.717, 1.165) is 6.42 Å². The molecule has 6 nitrogen and oxygen atoms in total. The number of aryl methyl sites for hydroxylation is 1. The zero-order valence-corrected chi connectivity index (χ0v) is 13.0. The first-order valence-corrected chi connectivity index (χ1v) is 8.04. The third-order valence-corrected chi connectivity index (χ3v) is 4.64. The van der Waals surface area contributed by atoms with Gasteiger partial charge in [-0.3, -0.25) is 0 Å². The van der Waals surface area contributed by atoms with Crippen molar-refractivity contribution in [3.8, 4) is 0 Å². The molecule has 0 bridgehead atoms. The maximum atomic E-state index is 12.5. The van der Waals surface area contributed by atoms with E-state index >= 15 is 0 Å². The summed E-state index contributed by atoms with van der Waals surface area (Å²) in [6.45, 7) is 5.63. The number of H-pyrrole nitrogens is 1. The van der Waals surface area contributed by atoms with Crippen molar-refractivity contribution < 1.29 is 8.42 Å². The van der Waals surface area contributed by atoms with Crippen LogP contribution in [0, 0.1) is 0 Å². The third kappa shape index (κ3) is 4.29. The zero-order chi connectivity index (χ0) is 14.5. The number of nitrogens with one attached hydrogen (secondary N) is 1. The van der Waals surface area contributed by atoms with Crippen molar-refractivity contribution in [2.45, 2.75) is 31.7 Å². The number of imidazole rings is 1. The van der Waals surface area contributed by atoms with Crippen molar-refractivity contribution in [1.82, 2.24) is 19.2 Å². The summed E-state index contributed by atoms with van der Waals surface area (Å²) in [4.78, 5) is 8.92. The van der Waals surface area contributed by atoms with Gasteiger partial charge in [-0.05, 0) is 20.5 Å². The normalized spacial score (nSPS) is 12.5. The number of likely N-dealkylation sites (N-methyl/N-ethyl adjacent to an activating group) is 1. The van der Waals surface area contributed by atoms with Crippen LogP contribution in [0.25, 0.3) is 0 Å². The van der Waals surface area contributed by atoms with Gasteiger partial charge in [-0.1, -0.05) is 13.8 Å². The maximum absolute atomic E-state index is 12.5. The quantitative estimate of drug-likeness (QED) is 0.773. The Morgan fingerprint density at radius 2 is 1.89 bits per heavy atom. The second kappa shape index (κ2) is 7.02. The number of hydrogen-bond acceptors (Lipinski definition) is 4. The van der Waals surface area contributed by atoms with Crippen LogP contribution in [-0.4, -0.2) is 61.3 Å². The van der Waals surface area contributed by atoms with Crippen molar-refractivity contribution in [2.24, 2.45) is 0 Å². The summed E-state index contributed by atoms with van der Waals surface area (Å²) in [5, 5.41) is 0.191. The molecular weight excluding hydrogens is 264 g/mol. The van der Waals surface area contributed by atoms with Gasteiger partial charge in [0.25, 0.3) is 10.0 Å². The van der Waals surface area contributed by atoms with E-state index in [-0.39, 0.29) is 5.03 Å². The first kappa shape index (κ1) is 16.1. The summed E-state index contributed by atoms with van der Waals surface area (Å²) in [5.74, 6) is 0.697. The van der Waals surface area contributed by atoms with E-state index in [1.165, 1.54) is 10.5 Å². The molecular formula is C12H24N4O2S. The predicted molar refractivity (Wildman–Crippen MR) is 75.6 cm³/mol. The predicted octanol–water partition coefficient (Wildman–Crippen LogP) is 0.934. The van der Waals surface area contributed by atoms with Gasteiger partial charge in [-0.15, -0.1) is 0 Å². The number of aromatic nitrogens is 2. The molecule has 1 aromatic heterocycles. The molecule has 0 aliphatic heterocycles. The lowest BCUT2D eigenvalue weighted by molar-refractivity contribution is 0.332. The second-order valence-corrected chi connectivity index (χ2v) is 6.66. The highest BCUT2D eigenvalue weighted by molar-refractivity contribution is 7.89. The zero-order valence-electron chi connectivity index (χ0n) is 12.2. The molecule has 0 atom stereocenters. The molecule has 0 saturated carbocycles. The molecule has 0 saturated heterocycles. The number of sulfonamides is 1. The van der Waals surface area contributed by atoms with Crippen LogP contribution in [0.4, 0.5) is 0 Å². The van der Waals surface area contributed by atoms with Gasteiger partial charge in [-0.2, -0.15) is 4.31 Å². The lowest BCUT2D eigenvalue weighted by Gasteiger charge is -2.22. The second-order valence-electron chi connectivity index (χ2n) is 4.76. The fraction of sp³-hybridized carbons (Fsp3) is 0.750. The van der Waals surface area contributed by atoms with E-state index in [1.807, 2.05) is 32.8 Å². The van der Waals surface area contributed by atoms with Crippen molar-refractivity contribution in [3.05, 3.63) is 12.0 Å². The fourth-order valence-electron chi connectivity index (χ4n) is 1.71. The Kier molecular flexibility index (Phi) is 5.96. The Balaban J connectivity index is 2.91. The Morgan fingerprint density at radius 3 is 2.37 bits per heavy atom. The van der Waals surface area contributed by atoms with Crippen LogP contribution >= 0.6 is 0 Å². The van der Waals surface area contributed by atoms with Crippen LogP contribution < -0.4 is 0 Å². The third-order valence-electron chi connectivity index (χ3n) is 2.83. The lowest BCUT2D eigenvalue weighted by Crippen LogP contribution is -2.37. The SMILES string of the molecule is CCCN(CCN(C)C)S(=O)(=O)c1cnc(CC)[nH]1. The van der Waals surface area contributed by atoms with Gasteiger partial charge in [0.15, 0.2) is 5.03 Å². The van der Waals surface area contributed by atoms with Gasteiger partial charge < -0.3 is 9.88 Å². The van der Waals surface area contributed by atoms with Gasteiger partial charge in [0.2, 0.25) is 0 Å². The van der Waals surface area contributed by atoms with Crippen molar-refractivity contribution >= 4 is 10.0 Å². The highest BCUT2D eigenvalue weighted by atomic mass is 32.2. The molecule has 0 aromatic carbocycles. The molecule has 7 heteroatoms. The maximum Gasteiger partial charge on any atom is 0.260 e. The van der Waals surface area contributed by atoms with Crippen LogP contribution in [-0.2, 0) is 16.4 Å². The molecule has 0 fully saturated rings. The summed E-state index contributed by atoms with van der Waals surface area (Å²) in [6.07, 6.45) is 2.90. The molecule has 1 rings (SSSR count).